The largest absolute Gasteiger partial charge is 0.495 e. The van der Waals surface area contributed by atoms with Crippen molar-refractivity contribution in [2.45, 2.75) is 19.4 Å². The van der Waals surface area contributed by atoms with E-state index in [4.69, 9.17) is 21.4 Å². The molecule has 0 fully saturated rings. The number of hydrogen-bond donors (Lipinski definition) is 2. The number of halogens is 1. The first-order valence-electron chi connectivity index (χ1n) is 6.24. The molecule has 0 aliphatic rings. The molecule has 0 spiro atoms. The number of rotatable bonds is 5. The molecule has 0 aliphatic heterocycles. The first-order valence-corrected chi connectivity index (χ1v) is 7.50. The average molecular weight is 327 g/mol. The molecule has 1 aromatic heterocycles. The summed E-state index contributed by atoms with van der Waals surface area (Å²) in [5.74, 6) is -0.0403. The second kappa shape index (κ2) is 6.89. The van der Waals surface area contributed by atoms with E-state index in [1.807, 2.05) is 0 Å². The lowest BCUT2D eigenvalue weighted by atomic mass is 10.1. The maximum atomic E-state index is 12.2. The first kappa shape index (κ1) is 15.8. The van der Waals surface area contributed by atoms with Gasteiger partial charge in [0, 0.05) is 11.1 Å². The maximum Gasteiger partial charge on any atom is 0.234 e. The molecule has 21 heavy (non-hydrogen) atoms. The standard InChI is InChI=1S/C14H15ClN2O3S/c1-8(14-17-10(6-18)7-21-14)13(19)16-9-3-4-12(20-2)11(15)5-9/h3-5,7-8,18H,6H2,1-2H3,(H,16,19). The van der Waals surface area contributed by atoms with Crippen LogP contribution in [0.15, 0.2) is 23.6 Å². The van der Waals surface area contributed by atoms with E-state index in [0.717, 1.165) is 0 Å². The molecule has 2 aromatic rings. The summed E-state index contributed by atoms with van der Waals surface area (Å²) in [6.07, 6.45) is 0. The zero-order valence-corrected chi connectivity index (χ0v) is 13.2. The highest BCUT2D eigenvalue weighted by atomic mass is 35.5. The van der Waals surface area contributed by atoms with Crippen LogP contribution in [0, 0.1) is 0 Å². The molecule has 112 valence electrons. The van der Waals surface area contributed by atoms with E-state index >= 15 is 0 Å². The van der Waals surface area contributed by atoms with E-state index in [9.17, 15) is 4.79 Å². The van der Waals surface area contributed by atoms with Gasteiger partial charge in [-0.2, -0.15) is 0 Å². The summed E-state index contributed by atoms with van der Waals surface area (Å²) in [5.41, 5.74) is 1.17. The van der Waals surface area contributed by atoms with Crippen LogP contribution in [0.1, 0.15) is 23.5 Å². The van der Waals surface area contributed by atoms with Crippen molar-refractivity contribution in [1.29, 1.82) is 0 Å². The molecule has 5 nitrogen and oxygen atoms in total. The molecule has 2 rings (SSSR count). The fourth-order valence-electron chi connectivity index (χ4n) is 1.70. The average Bonchev–Trinajstić information content (AvgIpc) is 2.95. The van der Waals surface area contributed by atoms with Gasteiger partial charge in [-0.15, -0.1) is 11.3 Å². The number of nitrogens with one attached hydrogen (secondary N) is 1. The molecular weight excluding hydrogens is 312 g/mol. The third-order valence-electron chi connectivity index (χ3n) is 2.91. The van der Waals surface area contributed by atoms with Crippen LogP contribution in [0.25, 0.3) is 0 Å². The van der Waals surface area contributed by atoms with Crippen LogP contribution in [0.5, 0.6) is 5.75 Å². The van der Waals surface area contributed by atoms with Gasteiger partial charge in [0.05, 0.1) is 30.4 Å². The highest BCUT2D eigenvalue weighted by Crippen LogP contribution is 2.28. The number of carbonyl (C=O) groups excluding carboxylic acids is 1. The van der Waals surface area contributed by atoms with E-state index < -0.39 is 5.92 Å². The number of methoxy groups -OCH3 is 1. The molecular formula is C14H15ClN2O3S. The summed E-state index contributed by atoms with van der Waals surface area (Å²) in [6.45, 7) is 1.64. The van der Waals surface area contributed by atoms with Crippen molar-refractivity contribution in [1.82, 2.24) is 4.98 Å². The van der Waals surface area contributed by atoms with E-state index in [2.05, 4.69) is 10.3 Å². The van der Waals surface area contributed by atoms with E-state index in [0.29, 0.717) is 27.2 Å². The quantitative estimate of drug-likeness (QED) is 0.886. The van der Waals surface area contributed by atoms with Crippen LogP contribution in [-0.4, -0.2) is 23.1 Å². The monoisotopic (exact) mass is 326 g/mol. The molecule has 7 heteroatoms. The summed E-state index contributed by atoms with van der Waals surface area (Å²) in [6, 6.07) is 5.04. The minimum absolute atomic E-state index is 0.126. The fraction of sp³-hybridized carbons (Fsp3) is 0.286. The van der Waals surface area contributed by atoms with Crippen LogP contribution in [0.2, 0.25) is 5.02 Å². The van der Waals surface area contributed by atoms with E-state index in [1.165, 1.54) is 18.4 Å². The van der Waals surface area contributed by atoms with Gasteiger partial charge in [0.25, 0.3) is 0 Å². The summed E-state index contributed by atoms with van der Waals surface area (Å²) >= 11 is 7.37. The zero-order chi connectivity index (χ0) is 15.4. The second-order valence-electron chi connectivity index (χ2n) is 4.40. The van der Waals surface area contributed by atoms with Crippen molar-refractivity contribution in [2.24, 2.45) is 0 Å². The van der Waals surface area contributed by atoms with Crippen molar-refractivity contribution < 1.29 is 14.6 Å². The molecule has 1 heterocycles. The van der Waals surface area contributed by atoms with Crippen LogP contribution in [0.4, 0.5) is 5.69 Å². The topological polar surface area (TPSA) is 71.5 Å². The van der Waals surface area contributed by atoms with Crippen LogP contribution >= 0.6 is 22.9 Å². The molecule has 0 saturated carbocycles. The number of anilines is 1. The minimum atomic E-state index is -0.406. The molecule has 0 bridgehead atoms. The van der Waals surface area contributed by atoms with Crippen LogP contribution in [0.3, 0.4) is 0 Å². The van der Waals surface area contributed by atoms with Crippen molar-refractivity contribution >= 4 is 34.5 Å². The van der Waals surface area contributed by atoms with Crippen molar-refractivity contribution in [2.75, 3.05) is 12.4 Å². The van der Waals surface area contributed by atoms with E-state index in [-0.39, 0.29) is 12.5 Å². The Morgan fingerprint density at radius 3 is 2.90 bits per heavy atom. The van der Waals surface area contributed by atoms with Crippen LogP contribution < -0.4 is 10.1 Å². The summed E-state index contributed by atoms with van der Waals surface area (Å²) in [7, 11) is 1.53. The van der Waals surface area contributed by atoms with Gasteiger partial charge in [0.2, 0.25) is 5.91 Å². The summed E-state index contributed by atoms with van der Waals surface area (Å²) < 4.78 is 5.06. The van der Waals surface area contributed by atoms with Gasteiger partial charge in [0.15, 0.2) is 0 Å². The third kappa shape index (κ3) is 3.72. The first-order chi connectivity index (χ1) is 10.0. The number of aliphatic hydroxyl groups excluding tert-OH is 1. The van der Waals surface area contributed by atoms with Gasteiger partial charge >= 0.3 is 0 Å². The van der Waals surface area contributed by atoms with Crippen molar-refractivity contribution in [3.63, 3.8) is 0 Å². The van der Waals surface area contributed by atoms with Crippen molar-refractivity contribution in [3.8, 4) is 5.75 Å². The second-order valence-corrected chi connectivity index (χ2v) is 5.69. The molecule has 1 unspecified atom stereocenters. The number of aromatic nitrogens is 1. The number of ether oxygens (including phenoxy) is 1. The lowest BCUT2D eigenvalue weighted by molar-refractivity contribution is -0.117. The number of benzene rings is 1. The minimum Gasteiger partial charge on any atom is -0.495 e. The Bertz CT molecular complexity index is 645. The Hall–Kier alpha value is -1.63. The molecule has 0 radical (unpaired) electrons. The fourth-order valence-corrected chi connectivity index (χ4v) is 2.82. The molecule has 1 amide bonds. The SMILES string of the molecule is COc1ccc(NC(=O)C(C)c2nc(CO)cs2)cc1Cl. The molecule has 1 aromatic carbocycles. The van der Waals surface area contributed by atoms with Gasteiger partial charge in [-0.25, -0.2) is 4.98 Å². The zero-order valence-electron chi connectivity index (χ0n) is 11.6. The van der Waals surface area contributed by atoms with Crippen molar-refractivity contribution in [3.05, 3.63) is 39.3 Å². The summed E-state index contributed by atoms with van der Waals surface area (Å²) in [4.78, 5) is 16.4. The predicted molar refractivity (Wildman–Crippen MR) is 83.1 cm³/mol. The van der Waals surface area contributed by atoms with Gasteiger partial charge < -0.3 is 15.2 Å². The number of nitrogens with zero attached hydrogens (tertiary/aromatic N) is 1. The number of amides is 1. The normalized spacial score (nSPS) is 12.0. The smallest absolute Gasteiger partial charge is 0.234 e. The molecule has 2 N–H and O–H groups in total. The van der Waals surface area contributed by atoms with Gasteiger partial charge in [0.1, 0.15) is 10.8 Å². The van der Waals surface area contributed by atoms with Gasteiger partial charge in [-0.05, 0) is 25.1 Å². The van der Waals surface area contributed by atoms with E-state index in [1.54, 1.807) is 30.5 Å². The van der Waals surface area contributed by atoms with Gasteiger partial charge in [-0.1, -0.05) is 11.6 Å². The maximum absolute atomic E-state index is 12.2. The predicted octanol–water partition coefficient (Wildman–Crippen LogP) is 3.04. The Balaban J connectivity index is 2.08. The van der Waals surface area contributed by atoms with Crippen LogP contribution in [-0.2, 0) is 11.4 Å². The molecule has 0 aliphatic carbocycles. The Labute approximate surface area is 131 Å². The lowest BCUT2D eigenvalue weighted by Gasteiger charge is -2.11. The third-order valence-corrected chi connectivity index (χ3v) is 4.29. The Morgan fingerprint density at radius 2 is 2.33 bits per heavy atom. The number of thiazole rings is 1. The summed E-state index contributed by atoms with van der Waals surface area (Å²) in [5, 5.41) is 14.6. The molecule has 1 atom stereocenters. The highest BCUT2D eigenvalue weighted by molar-refractivity contribution is 7.09. The lowest BCUT2D eigenvalue weighted by Crippen LogP contribution is -2.18. The van der Waals surface area contributed by atoms with Gasteiger partial charge in [-0.3, -0.25) is 4.79 Å². The Kier molecular flexibility index (Phi) is 5.17. The number of hydrogen-bond acceptors (Lipinski definition) is 5. The highest BCUT2D eigenvalue weighted by Gasteiger charge is 2.19. The number of aliphatic hydroxyl groups is 1. The number of carbonyl (C=O) groups is 1. The molecule has 0 saturated heterocycles. The Morgan fingerprint density at radius 1 is 1.57 bits per heavy atom.